The third kappa shape index (κ3) is 5.44. The monoisotopic (exact) mass is 302 g/mol. The van der Waals surface area contributed by atoms with E-state index in [0.717, 1.165) is 30.5 Å². The lowest BCUT2D eigenvalue weighted by atomic mass is 9.99. The molecule has 1 aromatic rings. The second-order valence-corrected chi connectivity index (χ2v) is 4.61. The highest BCUT2D eigenvalue weighted by Crippen LogP contribution is 2.14. The third-order valence-electron chi connectivity index (χ3n) is 3.28. The van der Waals surface area contributed by atoms with Gasteiger partial charge < -0.3 is 10.1 Å². The van der Waals surface area contributed by atoms with Gasteiger partial charge in [0.25, 0.3) is 0 Å². The molecule has 1 atom stereocenters. The maximum atomic E-state index is 9.20. The highest BCUT2D eigenvalue weighted by molar-refractivity contribution is 7.79. The van der Waals surface area contributed by atoms with Crippen LogP contribution in [0.4, 0.5) is 0 Å². The van der Waals surface area contributed by atoms with E-state index in [1.54, 1.807) is 13.4 Å². The lowest BCUT2D eigenvalue weighted by Crippen LogP contribution is -2.18. The summed E-state index contributed by atoms with van der Waals surface area (Å²) in [6.45, 7) is 1.68. The zero-order chi connectivity index (χ0) is 15.5. The topological polar surface area (TPSA) is 45.0 Å². The first-order chi connectivity index (χ1) is 10.3. The Morgan fingerprint density at radius 3 is 2.86 bits per heavy atom. The van der Waals surface area contributed by atoms with Gasteiger partial charge in [0.2, 0.25) is 0 Å². The van der Waals surface area contributed by atoms with Crippen LogP contribution in [0.1, 0.15) is 29.5 Å². The lowest BCUT2D eigenvalue weighted by Gasteiger charge is -2.06. The number of nitriles is 1. The summed E-state index contributed by atoms with van der Waals surface area (Å²) in [6, 6.07) is 8.24. The minimum atomic E-state index is 0.266. The molecule has 4 heteroatoms. The Kier molecular flexibility index (Phi) is 8.62. The second-order valence-electron chi connectivity index (χ2n) is 4.61. The fourth-order valence-electron chi connectivity index (χ4n) is 2.23. The van der Waals surface area contributed by atoms with Crippen LogP contribution in [-0.4, -0.2) is 32.6 Å². The molecule has 1 fully saturated rings. The Labute approximate surface area is 133 Å². The molecule has 112 valence electrons. The zero-order valence-electron chi connectivity index (χ0n) is 12.6. The molecule has 0 unspecified atom stereocenters. The molecule has 0 bridgehead atoms. The molecule has 1 aliphatic rings. The molecule has 1 saturated heterocycles. The number of nitrogens with zero attached hydrogens (tertiary/aromatic N) is 1. The van der Waals surface area contributed by atoms with Crippen molar-refractivity contribution in [3.8, 4) is 17.9 Å². The van der Waals surface area contributed by atoms with E-state index in [4.69, 9.17) is 4.74 Å². The molecule has 0 radical (unpaired) electrons. The largest absolute Gasteiger partial charge is 0.384 e. The molecule has 1 heterocycles. The smallest absolute Gasteiger partial charge is 0.100 e. The first-order valence-corrected chi connectivity index (χ1v) is 7.95. The summed E-state index contributed by atoms with van der Waals surface area (Å²) in [5.41, 5.74) is 2.60. The summed E-state index contributed by atoms with van der Waals surface area (Å²) in [7, 11) is 1.68. The molecule has 3 nitrogen and oxygen atoms in total. The molecule has 0 aliphatic carbocycles. The summed E-state index contributed by atoms with van der Waals surface area (Å²) in [5, 5.41) is 12.5. The van der Waals surface area contributed by atoms with Crippen molar-refractivity contribution >= 4 is 12.6 Å². The molecule has 1 aromatic carbocycles. The van der Waals surface area contributed by atoms with E-state index in [2.05, 4.69) is 35.9 Å². The quantitative estimate of drug-likeness (QED) is 0.666. The van der Waals surface area contributed by atoms with Gasteiger partial charge in [0.1, 0.15) is 6.07 Å². The van der Waals surface area contributed by atoms with E-state index in [1.165, 1.54) is 6.42 Å². The maximum Gasteiger partial charge on any atom is 0.100 e. The molecule has 1 aliphatic heterocycles. The van der Waals surface area contributed by atoms with E-state index in [0.29, 0.717) is 12.2 Å². The van der Waals surface area contributed by atoms with Crippen LogP contribution in [0.5, 0.6) is 0 Å². The number of benzene rings is 1. The van der Waals surface area contributed by atoms with Crippen LogP contribution in [0, 0.1) is 23.2 Å². The van der Waals surface area contributed by atoms with E-state index in [1.807, 2.05) is 18.2 Å². The normalized spacial score (nSPS) is 16.2. The third-order valence-corrected chi connectivity index (χ3v) is 3.28. The van der Waals surface area contributed by atoms with Crippen LogP contribution >= 0.6 is 12.6 Å². The standard InChI is InChI=1S/C16H18N2O.CH4S/c1-19-11-9-13-4-2-5-14(12-17)16(13)8-7-15-6-3-10-18-15;1-2/h2,4-5,15,18H,3,6,9-11H2,1H3;2H,1H3/t15-;/m0./s1. The van der Waals surface area contributed by atoms with Crippen molar-refractivity contribution in [1.29, 1.82) is 5.26 Å². The van der Waals surface area contributed by atoms with Crippen LogP contribution in [-0.2, 0) is 11.2 Å². The molecule has 0 amide bonds. The van der Waals surface area contributed by atoms with Gasteiger partial charge in [0.05, 0.1) is 18.2 Å². The Balaban J connectivity index is 0.00000106. The van der Waals surface area contributed by atoms with Crippen LogP contribution in [0.15, 0.2) is 18.2 Å². The molecule has 1 N–H and O–H groups in total. The van der Waals surface area contributed by atoms with Gasteiger partial charge in [-0.15, -0.1) is 0 Å². The summed E-state index contributed by atoms with van der Waals surface area (Å²) >= 11 is 3.53. The van der Waals surface area contributed by atoms with Gasteiger partial charge >= 0.3 is 0 Å². The minimum Gasteiger partial charge on any atom is -0.384 e. The van der Waals surface area contributed by atoms with Crippen LogP contribution in [0.3, 0.4) is 0 Å². The summed E-state index contributed by atoms with van der Waals surface area (Å²) in [5.74, 6) is 6.43. The van der Waals surface area contributed by atoms with Crippen LogP contribution in [0.2, 0.25) is 0 Å². The lowest BCUT2D eigenvalue weighted by molar-refractivity contribution is 0.202. The number of thiol groups is 1. The second kappa shape index (κ2) is 10.3. The van der Waals surface area contributed by atoms with Gasteiger partial charge in [-0.05, 0) is 43.7 Å². The Morgan fingerprint density at radius 1 is 1.43 bits per heavy atom. The number of ether oxygens (including phenoxy) is 1. The van der Waals surface area contributed by atoms with Crippen molar-refractivity contribution in [2.75, 3.05) is 26.5 Å². The Bertz CT molecular complexity index is 534. The highest BCUT2D eigenvalue weighted by atomic mass is 32.1. The summed E-state index contributed by atoms with van der Waals surface area (Å²) in [6.07, 6.45) is 4.75. The van der Waals surface area contributed by atoms with Crippen molar-refractivity contribution in [3.63, 3.8) is 0 Å². The molecule has 0 aromatic heterocycles. The van der Waals surface area contributed by atoms with Gasteiger partial charge in [-0.1, -0.05) is 24.0 Å². The molecule has 2 rings (SSSR count). The Morgan fingerprint density at radius 2 is 2.24 bits per heavy atom. The first kappa shape index (κ1) is 17.6. The van der Waals surface area contributed by atoms with Gasteiger partial charge in [0, 0.05) is 12.7 Å². The van der Waals surface area contributed by atoms with E-state index < -0.39 is 0 Å². The van der Waals surface area contributed by atoms with Crippen molar-refractivity contribution in [1.82, 2.24) is 5.32 Å². The highest BCUT2D eigenvalue weighted by Gasteiger charge is 2.11. The predicted octanol–water partition coefficient (Wildman–Crippen LogP) is 2.40. The predicted molar refractivity (Wildman–Crippen MR) is 89.5 cm³/mol. The van der Waals surface area contributed by atoms with E-state index >= 15 is 0 Å². The SMILES string of the molecule is COCCc1cccc(C#N)c1C#C[C@@H]1CCCN1.CS. The average Bonchev–Trinajstić information content (AvgIpc) is 3.06. The fourth-order valence-corrected chi connectivity index (χ4v) is 2.23. The molecule has 0 saturated carbocycles. The molecular formula is C17H22N2OS. The molecule has 21 heavy (non-hydrogen) atoms. The van der Waals surface area contributed by atoms with Gasteiger partial charge in [-0.2, -0.15) is 17.9 Å². The van der Waals surface area contributed by atoms with Crippen LogP contribution in [0.25, 0.3) is 0 Å². The van der Waals surface area contributed by atoms with Crippen molar-refractivity contribution < 1.29 is 4.74 Å². The Hall–Kier alpha value is -1.46. The zero-order valence-corrected chi connectivity index (χ0v) is 13.5. The molecule has 0 spiro atoms. The maximum absolute atomic E-state index is 9.20. The molecular weight excluding hydrogens is 280 g/mol. The number of methoxy groups -OCH3 is 1. The number of rotatable bonds is 3. The number of hydrogen-bond acceptors (Lipinski definition) is 4. The number of hydrogen-bond donors (Lipinski definition) is 2. The van der Waals surface area contributed by atoms with Gasteiger partial charge in [-0.25, -0.2) is 0 Å². The fraction of sp³-hybridized carbons (Fsp3) is 0.471. The van der Waals surface area contributed by atoms with Crippen molar-refractivity contribution in [2.45, 2.75) is 25.3 Å². The average molecular weight is 302 g/mol. The summed E-state index contributed by atoms with van der Waals surface area (Å²) < 4.78 is 5.11. The van der Waals surface area contributed by atoms with Gasteiger partial charge in [-0.3, -0.25) is 0 Å². The van der Waals surface area contributed by atoms with Crippen LogP contribution < -0.4 is 5.32 Å². The van der Waals surface area contributed by atoms with Crippen molar-refractivity contribution in [2.24, 2.45) is 0 Å². The first-order valence-electron chi connectivity index (χ1n) is 7.05. The van der Waals surface area contributed by atoms with E-state index in [9.17, 15) is 5.26 Å². The number of nitrogens with one attached hydrogen (secondary N) is 1. The van der Waals surface area contributed by atoms with Gasteiger partial charge in [0.15, 0.2) is 0 Å². The van der Waals surface area contributed by atoms with Crippen molar-refractivity contribution in [3.05, 3.63) is 34.9 Å². The minimum absolute atomic E-state index is 0.266. The van der Waals surface area contributed by atoms with E-state index in [-0.39, 0.29) is 6.04 Å². The summed E-state index contributed by atoms with van der Waals surface area (Å²) in [4.78, 5) is 0.